The first-order valence-electron chi connectivity index (χ1n) is 8.68. The summed E-state index contributed by atoms with van der Waals surface area (Å²) in [4.78, 5) is 28.2. The fourth-order valence-electron chi connectivity index (χ4n) is 3.39. The maximum absolute atomic E-state index is 12.9. The van der Waals surface area contributed by atoms with E-state index in [0.29, 0.717) is 16.1 Å². The van der Waals surface area contributed by atoms with Gasteiger partial charge in [0, 0.05) is 15.5 Å². The van der Waals surface area contributed by atoms with Crippen LogP contribution < -0.4 is 0 Å². The van der Waals surface area contributed by atoms with E-state index in [1.54, 1.807) is 48.5 Å². The summed E-state index contributed by atoms with van der Waals surface area (Å²) >= 11 is 7.92. The van der Waals surface area contributed by atoms with Gasteiger partial charge in [-0.3, -0.25) is 9.59 Å². The number of ketones is 1. The van der Waals surface area contributed by atoms with E-state index in [9.17, 15) is 14.7 Å². The lowest BCUT2D eigenvalue weighted by atomic mass is 9.95. The second-order valence-electron chi connectivity index (χ2n) is 6.39. The molecule has 0 bridgehead atoms. The molecule has 1 aliphatic rings. The molecule has 0 aliphatic carbocycles. The predicted molar refractivity (Wildman–Crippen MR) is 110 cm³/mol. The molecular weight excluding hydrogens is 394 g/mol. The lowest BCUT2D eigenvalue weighted by Crippen LogP contribution is -2.29. The molecule has 6 heteroatoms. The Hall–Kier alpha value is -2.89. The van der Waals surface area contributed by atoms with Gasteiger partial charge in [-0.15, -0.1) is 11.3 Å². The van der Waals surface area contributed by atoms with Crippen LogP contribution in [0.2, 0.25) is 5.02 Å². The zero-order chi connectivity index (χ0) is 19.7. The predicted octanol–water partition coefficient (Wildman–Crippen LogP) is 5.02. The summed E-state index contributed by atoms with van der Waals surface area (Å²) in [6.45, 7) is 0.268. The van der Waals surface area contributed by atoms with Crippen LogP contribution in [0.4, 0.5) is 0 Å². The first kappa shape index (κ1) is 18.5. The van der Waals surface area contributed by atoms with Crippen molar-refractivity contribution in [3.63, 3.8) is 0 Å². The molecule has 1 amide bonds. The van der Waals surface area contributed by atoms with Crippen LogP contribution in [0.5, 0.6) is 0 Å². The van der Waals surface area contributed by atoms with Crippen molar-refractivity contribution in [2.24, 2.45) is 0 Å². The van der Waals surface area contributed by atoms with Gasteiger partial charge in [-0.1, -0.05) is 66.2 Å². The molecule has 4 nitrogen and oxygen atoms in total. The molecule has 2 heterocycles. The molecular formula is C22H16ClNO3S. The minimum atomic E-state index is -0.754. The summed E-state index contributed by atoms with van der Waals surface area (Å²) in [5, 5.41) is 13.3. The van der Waals surface area contributed by atoms with Gasteiger partial charge in [-0.25, -0.2) is 0 Å². The Kier molecular flexibility index (Phi) is 5.03. The number of aliphatic hydroxyl groups is 1. The van der Waals surface area contributed by atoms with Crippen LogP contribution in [0.25, 0.3) is 5.76 Å². The van der Waals surface area contributed by atoms with E-state index in [0.717, 1.165) is 4.88 Å². The number of amides is 1. The highest BCUT2D eigenvalue weighted by Gasteiger charge is 2.46. The molecule has 4 rings (SSSR count). The number of carbonyl (C=O) groups excluding carboxylic acids is 2. The third-order valence-corrected chi connectivity index (χ3v) is 5.90. The SMILES string of the molecule is O=C1C(=O)N(Cc2cccs2)C(c2ccccc2Cl)/C1=C(\O)c1ccccc1. The van der Waals surface area contributed by atoms with Gasteiger partial charge in [0.15, 0.2) is 0 Å². The van der Waals surface area contributed by atoms with E-state index in [1.807, 2.05) is 23.6 Å². The standard InChI is InChI=1S/C22H16ClNO3S/c23-17-11-5-4-10-16(17)19-18(20(25)14-7-2-1-3-8-14)21(26)22(27)24(19)13-15-9-6-12-28-15/h1-12,19,25H,13H2/b20-18+. The van der Waals surface area contributed by atoms with Crippen LogP contribution in [0.1, 0.15) is 22.0 Å². The van der Waals surface area contributed by atoms with Gasteiger partial charge in [-0.05, 0) is 23.1 Å². The van der Waals surface area contributed by atoms with Crippen LogP contribution in [0, 0.1) is 0 Å². The normalized spacial score (nSPS) is 18.6. The average Bonchev–Trinajstić information content (AvgIpc) is 3.31. The van der Waals surface area contributed by atoms with Crippen LogP contribution in [0.15, 0.2) is 77.7 Å². The Labute approximate surface area is 171 Å². The third kappa shape index (κ3) is 3.23. The smallest absolute Gasteiger partial charge is 0.295 e. The Balaban J connectivity index is 1.90. The van der Waals surface area contributed by atoms with Gasteiger partial charge in [0.05, 0.1) is 18.2 Å². The Morgan fingerprint density at radius 1 is 1.00 bits per heavy atom. The van der Waals surface area contributed by atoms with Crippen LogP contribution in [-0.2, 0) is 16.1 Å². The molecule has 1 unspecified atom stereocenters. The molecule has 0 spiro atoms. The summed E-state index contributed by atoms with van der Waals surface area (Å²) in [5.41, 5.74) is 1.15. The van der Waals surface area contributed by atoms with E-state index in [2.05, 4.69) is 0 Å². The topological polar surface area (TPSA) is 57.6 Å². The molecule has 28 heavy (non-hydrogen) atoms. The lowest BCUT2D eigenvalue weighted by Gasteiger charge is -2.25. The molecule has 1 N–H and O–H groups in total. The van der Waals surface area contributed by atoms with Gasteiger partial charge in [0.25, 0.3) is 11.7 Å². The second kappa shape index (κ2) is 7.62. The van der Waals surface area contributed by atoms with Crippen LogP contribution in [-0.4, -0.2) is 21.7 Å². The molecule has 0 radical (unpaired) electrons. The van der Waals surface area contributed by atoms with E-state index in [4.69, 9.17) is 11.6 Å². The highest BCUT2D eigenvalue weighted by atomic mass is 35.5. The Morgan fingerprint density at radius 2 is 1.71 bits per heavy atom. The van der Waals surface area contributed by atoms with Crippen molar-refractivity contribution in [1.29, 1.82) is 0 Å². The maximum Gasteiger partial charge on any atom is 0.295 e. The molecule has 1 saturated heterocycles. The average molecular weight is 410 g/mol. The largest absolute Gasteiger partial charge is 0.507 e. The number of rotatable bonds is 4. The second-order valence-corrected chi connectivity index (χ2v) is 7.83. The maximum atomic E-state index is 12.9. The summed E-state index contributed by atoms with van der Waals surface area (Å²) in [7, 11) is 0. The first-order chi connectivity index (χ1) is 13.6. The molecule has 1 fully saturated rings. The number of nitrogens with zero attached hydrogens (tertiary/aromatic N) is 1. The summed E-state index contributed by atoms with van der Waals surface area (Å²) < 4.78 is 0. The number of halogens is 1. The van der Waals surface area contributed by atoms with Crippen molar-refractivity contribution in [1.82, 2.24) is 4.90 Å². The van der Waals surface area contributed by atoms with Gasteiger partial charge >= 0.3 is 0 Å². The lowest BCUT2D eigenvalue weighted by molar-refractivity contribution is -0.140. The van der Waals surface area contributed by atoms with Crippen LogP contribution >= 0.6 is 22.9 Å². The van der Waals surface area contributed by atoms with Crippen molar-refractivity contribution in [2.75, 3.05) is 0 Å². The quantitative estimate of drug-likeness (QED) is 0.374. The third-order valence-electron chi connectivity index (χ3n) is 4.69. The molecule has 1 atom stereocenters. The number of benzene rings is 2. The first-order valence-corrected chi connectivity index (χ1v) is 9.94. The highest BCUT2D eigenvalue weighted by molar-refractivity contribution is 7.09. The van der Waals surface area contributed by atoms with Gasteiger partial charge in [0.2, 0.25) is 0 Å². The van der Waals surface area contributed by atoms with E-state index in [1.165, 1.54) is 16.2 Å². The van der Waals surface area contributed by atoms with Crippen molar-refractivity contribution in [2.45, 2.75) is 12.6 Å². The number of Topliss-reactive ketones (excluding diaryl/α,β-unsaturated/α-hetero) is 1. The number of likely N-dealkylation sites (tertiary alicyclic amines) is 1. The molecule has 140 valence electrons. The molecule has 0 saturated carbocycles. The number of hydrogen-bond acceptors (Lipinski definition) is 4. The van der Waals surface area contributed by atoms with E-state index >= 15 is 0 Å². The van der Waals surface area contributed by atoms with Gasteiger partial charge in [-0.2, -0.15) is 0 Å². The molecule has 2 aromatic carbocycles. The monoisotopic (exact) mass is 409 g/mol. The number of thiophene rings is 1. The van der Waals surface area contributed by atoms with Gasteiger partial charge in [0.1, 0.15) is 5.76 Å². The molecule has 3 aromatic rings. The Morgan fingerprint density at radius 3 is 2.39 bits per heavy atom. The van der Waals surface area contributed by atoms with Crippen LogP contribution in [0.3, 0.4) is 0 Å². The fourth-order valence-corrected chi connectivity index (χ4v) is 4.33. The zero-order valence-corrected chi connectivity index (χ0v) is 16.3. The number of hydrogen-bond donors (Lipinski definition) is 1. The zero-order valence-electron chi connectivity index (χ0n) is 14.7. The van der Waals surface area contributed by atoms with Crippen molar-refractivity contribution in [3.05, 3.63) is 98.7 Å². The minimum Gasteiger partial charge on any atom is -0.507 e. The van der Waals surface area contributed by atoms with Crippen molar-refractivity contribution in [3.8, 4) is 0 Å². The molecule has 1 aliphatic heterocycles. The summed E-state index contributed by atoms with van der Waals surface area (Å²) in [6, 6.07) is 18.9. The minimum absolute atomic E-state index is 0.0563. The summed E-state index contributed by atoms with van der Waals surface area (Å²) in [5.74, 6) is -1.55. The highest BCUT2D eigenvalue weighted by Crippen LogP contribution is 2.42. The molecule has 1 aromatic heterocycles. The number of aliphatic hydroxyl groups excluding tert-OH is 1. The fraction of sp³-hybridized carbons (Fsp3) is 0.0909. The van der Waals surface area contributed by atoms with Gasteiger partial charge < -0.3 is 10.0 Å². The van der Waals surface area contributed by atoms with Crippen molar-refractivity contribution < 1.29 is 14.7 Å². The van der Waals surface area contributed by atoms with E-state index in [-0.39, 0.29) is 17.9 Å². The Bertz CT molecular complexity index is 1060. The number of carbonyl (C=O) groups is 2. The van der Waals surface area contributed by atoms with Crippen molar-refractivity contribution >= 4 is 40.4 Å². The van der Waals surface area contributed by atoms with E-state index < -0.39 is 17.7 Å². The summed E-state index contributed by atoms with van der Waals surface area (Å²) in [6.07, 6.45) is 0.